The molecule has 0 saturated heterocycles. The van der Waals surface area contributed by atoms with Crippen LogP contribution in [0.1, 0.15) is 51.4 Å². The average molecular weight is 346 g/mol. The molecule has 0 fully saturated rings. The lowest BCUT2D eigenvalue weighted by atomic mass is 10.1. The summed E-state index contributed by atoms with van der Waals surface area (Å²) < 4.78 is 11.9. The fourth-order valence-corrected chi connectivity index (χ4v) is 2.07. The van der Waals surface area contributed by atoms with Gasteiger partial charge in [-0.1, -0.05) is 98.9 Å². The number of carboxylic acids is 1. The number of aliphatic carboxylic acids is 1. The number of carbonyl (C=O) groups is 1. The number of halogens is 1. The lowest BCUT2D eigenvalue weighted by Crippen LogP contribution is -1.84. The molecular formula is C22H31FO2. The van der Waals surface area contributed by atoms with Gasteiger partial charge in [0.1, 0.15) is 0 Å². The van der Waals surface area contributed by atoms with Crippen molar-refractivity contribution in [2.24, 2.45) is 0 Å². The summed E-state index contributed by atoms with van der Waals surface area (Å²) in [7, 11) is 0. The number of unbranched alkanes of at least 4 members (excludes halogenated alkanes) is 7. The average Bonchev–Trinajstić information content (AvgIpc) is 2.60. The zero-order valence-corrected chi connectivity index (χ0v) is 15.0. The molecule has 1 N–H and O–H groups in total. The van der Waals surface area contributed by atoms with Crippen molar-refractivity contribution in [3.8, 4) is 0 Å². The Labute approximate surface area is 151 Å². The molecule has 0 aliphatic carbocycles. The van der Waals surface area contributed by atoms with Gasteiger partial charge >= 0.3 is 5.97 Å². The Hall–Kier alpha value is -2.16. The Morgan fingerprint density at radius 1 is 0.640 bits per heavy atom. The van der Waals surface area contributed by atoms with E-state index in [1.165, 1.54) is 31.8 Å². The van der Waals surface area contributed by atoms with E-state index < -0.39 is 5.97 Å². The zero-order valence-electron chi connectivity index (χ0n) is 15.0. The van der Waals surface area contributed by atoms with Gasteiger partial charge in [0.25, 0.3) is 0 Å². The van der Waals surface area contributed by atoms with Crippen LogP contribution in [0.2, 0.25) is 0 Å². The molecule has 0 unspecified atom stereocenters. The third-order valence-electron chi connectivity index (χ3n) is 3.38. The number of hydrogen-bond acceptors (Lipinski definition) is 1. The van der Waals surface area contributed by atoms with E-state index in [1.807, 2.05) is 36.5 Å². The maximum atomic E-state index is 11.9. The highest BCUT2D eigenvalue weighted by Gasteiger charge is 1.90. The summed E-state index contributed by atoms with van der Waals surface area (Å²) >= 11 is 0. The van der Waals surface area contributed by atoms with Crippen LogP contribution in [0, 0.1) is 0 Å². The fourth-order valence-electron chi connectivity index (χ4n) is 2.07. The third kappa shape index (κ3) is 21.8. The number of carboxylic acid groups (broad SMARTS) is 1. The maximum absolute atomic E-state index is 11.9. The summed E-state index contributed by atoms with van der Waals surface area (Å²) in [6.07, 6.45) is 30.8. The van der Waals surface area contributed by atoms with Gasteiger partial charge < -0.3 is 5.11 Å². The van der Waals surface area contributed by atoms with Crippen molar-refractivity contribution in [2.45, 2.75) is 51.4 Å². The first kappa shape index (κ1) is 22.8. The number of allylic oxidation sites excluding steroid dienone is 11. The van der Waals surface area contributed by atoms with Gasteiger partial charge in [0.15, 0.2) is 0 Å². The summed E-state index contributed by atoms with van der Waals surface area (Å²) in [5.41, 5.74) is 0. The van der Waals surface area contributed by atoms with Crippen LogP contribution < -0.4 is 0 Å². The van der Waals surface area contributed by atoms with Gasteiger partial charge in [-0.15, -0.1) is 0 Å². The monoisotopic (exact) mass is 346 g/mol. The molecule has 0 aliphatic heterocycles. The summed E-state index contributed by atoms with van der Waals surface area (Å²) in [6.45, 7) is -0.174. The summed E-state index contributed by atoms with van der Waals surface area (Å²) in [6, 6.07) is 0. The van der Waals surface area contributed by atoms with Crippen molar-refractivity contribution in [1.82, 2.24) is 0 Å². The molecule has 0 aromatic carbocycles. The van der Waals surface area contributed by atoms with Crippen LogP contribution in [0.15, 0.2) is 72.9 Å². The number of rotatable bonds is 15. The van der Waals surface area contributed by atoms with E-state index in [2.05, 4.69) is 12.2 Å². The molecule has 25 heavy (non-hydrogen) atoms. The summed E-state index contributed by atoms with van der Waals surface area (Å²) in [5, 5.41) is 8.39. The van der Waals surface area contributed by atoms with Gasteiger partial charge in [0, 0.05) is 6.08 Å². The first-order valence-electron chi connectivity index (χ1n) is 9.06. The number of hydrogen-bond donors (Lipinski definition) is 1. The van der Waals surface area contributed by atoms with Crippen molar-refractivity contribution in [1.29, 1.82) is 0 Å². The first-order chi connectivity index (χ1) is 12.3. The van der Waals surface area contributed by atoms with Crippen LogP contribution in [0.4, 0.5) is 4.39 Å². The lowest BCUT2D eigenvalue weighted by molar-refractivity contribution is -0.131. The molecule has 0 aromatic rings. The molecule has 0 heterocycles. The SMILES string of the molecule is O=C(O)C=CC=CC=CC=CC=CC=CCCCCCCCCCF. The van der Waals surface area contributed by atoms with Crippen molar-refractivity contribution >= 4 is 5.97 Å². The van der Waals surface area contributed by atoms with Crippen LogP contribution in [-0.4, -0.2) is 17.8 Å². The molecule has 2 nitrogen and oxygen atoms in total. The third-order valence-corrected chi connectivity index (χ3v) is 3.38. The minimum absolute atomic E-state index is 0.174. The Bertz CT molecular complexity index is 482. The van der Waals surface area contributed by atoms with Gasteiger partial charge in [0.2, 0.25) is 0 Å². The molecular weight excluding hydrogens is 315 g/mol. The Kier molecular flexibility index (Phi) is 18.2. The minimum Gasteiger partial charge on any atom is -0.478 e. The molecule has 0 spiro atoms. The van der Waals surface area contributed by atoms with Crippen molar-refractivity contribution in [3.63, 3.8) is 0 Å². The molecule has 3 heteroatoms. The number of alkyl halides is 1. The highest BCUT2D eigenvalue weighted by Crippen LogP contribution is 2.08. The van der Waals surface area contributed by atoms with Gasteiger partial charge in [-0.2, -0.15) is 0 Å². The zero-order chi connectivity index (χ0) is 18.4. The molecule has 0 bridgehead atoms. The fraction of sp³-hybridized carbons (Fsp3) is 0.409. The maximum Gasteiger partial charge on any atom is 0.328 e. The van der Waals surface area contributed by atoms with Crippen LogP contribution in [-0.2, 0) is 4.79 Å². The molecule has 0 amide bonds. The van der Waals surface area contributed by atoms with Gasteiger partial charge in [-0.05, 0) is 19.3 Å². The largest absolute Gasteiger partial charge is 0.478 e. The van der Waals surface area contributed by atoms with E-state index in [4.69, 9.17) is 5.11 Å². The first-order valence-corrected chi connectivity index (χ1v) is 9.06. The van der Waals surface area contributed by atoms with Crippen molar-refractivity contribution in [2.75, 3.05) is 6.67 Å². The second-order valence-electron chi connectivity index (χ2n) is 5.62. The standard InChI is InChI=1S/C22H31FO2/c23-21-19-17-15-13-11-9-7-5-3-1-2-4-6-8-10-12-14-16-18-20-22(24)25/h1-4,6,8,10,12,14,16,18,20H,5,7,9,11,13,15,17,19,21H2,(H,24,25). The Morgan fingerprint density at radius 3 is 1.60 bits per heavy atom. The van der Waals surface area contributed by atoms with E-state index in [9.17, 15) is 9.18 Å². The summed E-state index contributed by atoms with van der Waals surface area (Å²) in [4.78, 5) is 10.2. The van der Waals surface area contributed by atoms with Gasteiger partial charge in [-0.25, -0.2) is 4.79 Å². The van der Waals surface area contributed by atoms with Crippen molar-refractivity contribution < 1.29 is 14.3 Å². The molecule has 0 aliphatic rings. The predicted octanol–water partition coefficient (Wildman–Crippen LogP) is 6.50. The van der Waals surface area contributed by atoms with Crippen LogP contribution in [0.25, 0.3) is 0 Å². The highest BCUT2D eigenvalue weighted by molar-refractivity contribution is 5.80. The second kappa shape index (κ2) is 19.9. The molecule has 0 saturated carbocycles. The molecule has 138 valence electrons. The normalized spacial score (nSPS) is 13.0. The molecule has 0 aromatic heterocycles. The predicted molar refractivity (Wildman–Crippen MR) is 105 cm³/mol. The Morgan fingerprint density at radius 2 is 1.08 bits per heavy atom. The van der Waals surface area contributed by atoms with Crippen molar-refractivity contribution in [3.05, 3.63) is 72.9 Å². The van der Waals surface area contributed by atoms with Crippen LogP contribution in [0.3, 0.4) is 0 Å². The van der Waals surface area contributed by atoms with E-state index >= 15 is 0 Å². The van der Waals surface area contributed by atoms with Gasteiger partial charge in [-0.3, -0.25) is 4.39 Å². The van der Waals surface area contributed by atoms with E-state index in [0.717, 1.165) is 31.8 Å². The molecule has 0 radical (unpaired) electrons. The smallest absolute Gasteiger partial charge is 0.328 e. The minimum atomic E-state index is -0.947. The van der Waals surface area contributed by atoms with Crippen LogP contribution in [0.5, 0.6) is 0 Å². The van der Waals surface area contributed by atoms with E-state index in [0.29, 0.717) is 0 Å². The Balaban J connectivity index is 3.54. The van der Waals surface area contributed by atoms with Crippen LogP contribution >= 0.6 is 0 Å². The quantitative estimate of drug-likeness (QED) is 0.209. The second-order valence-corrected chi connectivity index (χ2v) is 5.62. The van der Waals surface area contributed by atoms with E-state index in [-0.39, 0.29) is 6.67 Å². The molecule has 0 atom stereocenters. The molecule has 0 rings (SSSR count). The van der Waals surface area contributed by atoms with Gasteiger partial charge in [0.05, 0.1) is 6.67 Å². The van der Waals surface area contributed by atoms with E-state index in [1.54, 1.807) is 12.2 Å². The summed E-state index contributed by atoms with van der Waals surface area (Å²) in [5.74, 6) is -0.947. The highest BCUT2D eigenvalue weighted by atomic mass is 19.1. The topological polar surface area (TPSA) is 37.3 Å². The lowest BCUT2D eigenvalue weighted by Gasteiger charge is -1.99.